The number of aromatic nitrogens is 5. The Morgan fingerprint density at radius 1 is 1.19 bits per heavy atom. The lowest BCUT2D eigenvalue weighted by molar-refractivity contribution is 0.357. The van der Waals surface area contributed by atoms with E-state index in [4.69, 9.17) is 5.73 Å². The maximum absolute atomic E-state index is 6.28. The lowest BCUT2D eigenvalue weighted by atomic mass is 9.85. The standard InChI is InChI=1S/C19H25N7/c20-18-17-14(10-12-4-2-1-3-5-12)8-9-26(17)25-19(22-18)21-16-11-15(23-24-16)13-6-7-13/h8-9,11-13H,1-7,10H2,(H4,20,21,22,23,24,25). The Balaban J connectivity index is 1.38. The second-order valence-electron chi connectivity index (χ2n) is 7.77. The summed E-state index contributed by atoms with van der Waals surface area (Å²) >= 11 is 0. The molecule has 7 nitrogen and oxygen atoms in total. The van der Waals surface area contributed by atoms with Crippen molar-refractivity contribution in [3.63, 3.8) is 0 Å². The topological polar surface area (TPSA) is 96.9 Å². The summed E-state index contributed by atoms with van der Waals surface area (Å²) in [7, 11) is 0. The molecule has 2 saturated carbocycles. The van der Waals surface area contributed by atoms with E-state index in [1.165, 1.54) is 56.2 Å². The summed E-state index contributed by atoms with van der Waals surface area (Å²) in [5.41, 5.74) is 9.67. The van der Waals surface area contributed by atoms with Crippen molar-refractivity contribution < 1.29 is 0 Å². The van der Waals surface area contributed by atoms with Crippen LogP contribution in [0.15, 0.2) is 18.3 Å². The average Bonchev–Trinajstić information content (AvgIpc) is 3.26. The maximum Gasteiger partial charge on any atom is 0.248 e. The summed E-state index contributed by atoms with van der Waals surface area (Å²) in [5, 5.41) is 15.1. The number of nitrogens with two attached hydrogens (primary N) is 1. The number of fused-ring (bicyclic) bond motifs is 1. The number of aromatic amines is 1. The zero-order valence-corrected chi connectivity index (χ0v) is 14.9. The molecule has 2 aliphatic rings. The van der Waals surface area contributed by atoms with Gasteiger partial charge in [0.25, 0.3) is 0 Å². The molecule has 5 rings (SSSR count). The molecule has 0 atom stereocenters. The van der Waals surface area contributed by atoms with E-state index < -0.39 is 0 Å². The largest absolute Gasteiger partial charge is 0.382 e. The van der Waals surface area contributed by atoms with Gasteiger partial charge in [-0.25, -0.2) is 4.52 Å². The van der Waals surface area contributed by atoms with Crippen LogP contribution in [0.2, 0.25) is 0 Å². The summed E-state index contributed by atoms with van der Waals surface area (Å²) < 4.78 is 1.84. The first-order chi connectivity index (χ1) is 12.8. The summed E-state index contributed by atoms with van der Waals surface area (Å²) in [6, 6.07) is 4.17. The Morgan fingerprint density at radius 3 is 2.85 bits per heavy atom. The van der Waals surface area contributed by atoms with Gasteiger partial charge < -0.3 is 11.1 Å². The molecule has 0 bridgehead atoms. The number of nitrogens with zero attached hydrogens (tertiary/aromatic N) is 4. The number of anilines is 3. The molecule has 2 fully saturated rings. The average molecular weight is 351 g/mol. The summed E-state index contributed by atoms with van der Waals surface area (Å²) in [5.74, 6) is 3.13. The molecule has 0 saturated heterocycles. The number of hydrogen-bond acceptors (Lipinski definition) is 5. The summed E-state index contributed by atoms with van der Waals surface area (Å²) in [6.45, 7) is 0. The van der Waals surface area contributed by atoms with Crippen molar-refractivity contribution in [3.8, 4) is 0 Å². The highest BCUT2D eigenvalue weighted by Crippen LogP contribution is 2.39. The lowest BCUT2D eigenvalue weighted by Crippen LogP contribution is -2.10. The fourth-order valence-electron chi connectivity index (χ4n) is 4.16. The van der Waals surface area contributed by atoms with Gasteiger partial charge in [0.2, 0.25) is 5.95 Å². The van der Waals surface area contributed by atoms with Crippen LogP contribution in [0.25, 0.3) is 5.52 Å². The van der Waals surface area contributed by atoms with Gasteiger partial charge in [0.1, 0.15) is 5.52 Å². The van der Waals surface area contributed by atoms with Crippen molar-refractivity contribution in [3.05, 3.63) is 29.6 Å². The summed E-state index contributed by atoms with van der Waals surface area (Å²) in [4.78, 5) is 4.47. The Kier molecular flexibility index (Phi) is 3.80. The van der Waals surface area contributed by atoms with Crippen LogP contribution in [0, 0.1) is 5.92 Å². The number of nitrogen functional groups attached to an aromatic ring is 1. The van der Waals surface area contributed by atoms with Crippen molar-refractivity contribution in [1.82, 2.24) is 24.8 Å². The highest BCUT2D eigenvalue weighted by atomic mass is 15.3. The number of H-pyrrole nitrogens is 1. The van der Waals surface area contributed by atoms with Gasteiger partial charge in [-0.3, -0.25) is 5.10 Å². The first-order valence-corrected chi connectivity index (χ1v) is 9.72. The van der Waals surface area contributed by atoms with Gasteiger partial charge in [-0.15, -0.1) is 5.10 Å². The minimum Gasteiger partial charge on any atom is -0.382 e. The predicted molar refractivity (Wildman–Crippen MR) is 102 cm³/mol. The van der Waals surface area contributed by atoms with E-state index in [-0.39, 0.29) is 0 Å². The molecule has 0 radical (unpaired) electrons. The van der Waals surface area contributed by atoms with Crippen molar-refractivity contribution in [2.24, 2.45) is 5.92 Å². The minimum absolute atomic E-state index is 0.476. The minimum atomic E-state index is 0.476. The summed E-state index contributed by atoms with van der Waals surface area (Å²) in [6.07, 6.45) is 12.3. The van der Waals surface area contributed by atoms with Gasteiger partial charge in [0.15, 0.2) is 11.6 Å². The van der Waals surface area contributed by atoms with Crippen LogP contribution in [0.3, 0.4) is 0 Å². The molecule has 3 aromatic heterocycles. The molecule has 136 valence electrons. The van der Waals surface area contributed by atoms with E-state index >= 15 is 0 Å². The van der Waals surface area contributed by atoms with E-state index in [0.29, 0.717) is 17.7 Å². The van der Waals surface area contributed by atoms with Crippen LogP contribution in [-0.2, 0) is 6.42 Å². The third-order valence-electron chi connectivity index (χ3n) is 5.71. The van der Waals surface area contributed by atoms with Gasteiger partial charge >= 0.3 is 0 Å². The monoisotopic (exact) mass is 351 g/mol. The fraction of sp³-hybridized carbons (Fsp3) is 0.526. The van der Waals surface area contributed by atoms with Gasteiger partial charge in [-0.05, 0) is 36.8 Å². The molecule has 0 spiro atoms. The van der Waals surface area contributed by atoms with E-state index in [2.05, 4.69) is 31.7 Å². The number of rotatable bonds is 5. The first kappa shape index (κ1) is 15.7. The highest BCUT2D eigenvalue weighted by molar-refractivity contribution is 5.71. The zero-order valence-electron chi connectivity index (χ0n) is 14.9. The Hall–Kier alpha value is -2.57. The molecule has 26 heavy (non-hydrogen) atoms. The number of hydrogen-bond donors (Lipinski definition) is 3. The van der Waals surface area contributed by atoms with Crippen LogP contribution in [0.1, 0.15) is 62.1 Å². The second-order valence-corrected chi connectivity index (χ2v) is 7.77. The lowest BCUT2D eigenvalue weighted by Gasteiger charge is -2.21. The van der Waals surface area contributed by atoms with Crippen molar-refractivity contribution in [2.45, 2.75) is 57.3 Å². The third-order valence-corrected chi connectivity index (χ3v) is 5.71. The van der Waals surface area contributed by atoms with Crippen molar-refractivity contribution in [2.75, 3.05) is 11.1 Å². The molecular weight excluding hydrogens is 326 g/mol. The molecule has 2 aliphatic carbocycles. The van der Waals surface area contributed by atoms with Gasteiger partial charge in [-0.2, -0.15) is 10.1 Å². The van der Waals surface area contributed by atoms with E-state index in [1.54, 1.807) is 0 Å². The molecular formula is C19H25N7. The predicted octanol–water partition coefficient (Wildman–Crippen LogP) is 3.78. The van der Waals surface area contributed by atoms with Gasteiger partial charge in [0, 0.05) is 23.9 Å². The van der Waals surface area contributed by atoms with Gasteiger partial charge in [-0.1, -0.05) is 32.1 Å². The fourth-order valence-corrected chi connectivity index (χ4v) is 4.16. The molecule has 4 N–H and O–H groups in total. The maximum atomic E-state index is 6.28. The van der Waals surface area contributed by atoms with Crippen LogP contribution in [0.4, 0.5) is 17.6 Å². The van der Waals surface area contributed by atoms with Crippen LogP contribution in [-0.4, -0.2) is 24.8 Å². The first-order valence-electron chi connectivity index (χ1n) is 9.72. The van der Waals surface area contributed by atoms with Crippen molar-refractivity contribution >= 4 is 23.1 Å². The number of nitrogens with one attached hydrogen (secondary N) is 2. The third kappa shape index (κ3) is 3.02. The molecule has 0 aromatic carbocycles. The second kappa shape index (κ2) is 6.30. The Bertz CT molecular complexity index is 915. The van der Waals surface area contributed by atoms with E-state index in [9.17, 15) is 0 Å². The molecule has 3 heterocycles. The smallest absolute Gasteiger partial charge is 0.248 e. The molecule has 0 unspecified atom stereocenters. The molecule has 0 aliphatic heterocycles. The van der Waals surface area contributed by atoms with Gasteiger partial charge in [0.05, 0.1) is 0 Å². The van der Waals surface area contributed by atoms with Crippen LogP contribution >= 0.6 is 0 Å². The van der Waals surface area contributed by atoms with Crippen LogP contribution in [0.5, 0.6) is 0 Å². The SMILES string of the molecule is Nc1nc(Nc2cc(C3CC3)[nH]n2)nn2ccc(CC3CCCCC3)c12. The normalized spacial score (nSPS) is 18.5. The highest BCUT2D eigenvalue weighted by Gasteiger charge is 2.25. The quantitative estimate of drug-likeness (QED) is 0.650. The zero-order chi connectivity index (χ0) is 17.5. The van der Waals surface area contributed by atoms with E-state index in [0.717, 1.165) is 23.7 Å². The van der Waals surface area contributed by atoms with E-state index in [1.807, 2.05) is 16.8 Å². The Morgan fingerprint density at radius 2 is 2.04 bits per heavy atom. The Labute approximate surface area is 152 Å². The molecule has 0 amide bonds. The molecule has 7 heteroatoms. The molecule has 3 aromatic rings. The van der Waals surface area contributed by atoms with Crippen molar-refractivity contribution in [1.29, 1.82) is 0 Å². The van der Waals surface area contributed by atoms with Crippen LogP contribution < -0.4 is 11.1 Å².